The molecule has 1 aromatic carbocycles. The molecule has 23 heavy (non-hydrogen) atoms. The summed E-state index contributed by atoms with van der Waals surface area (Å²) in [6.45, 7) is 1.39. The normalized spacial score (nSPS) is 10.0. The number of halogens is 2. The minimum Gasteiger partial charge on any atom is -0.465 e. The Labute approximate surface area is 129 Å². The van der Waals surface area contributed by atoms with Gasteiger partial charge in [0, 0.05) is 0 Å². The molecule has 2 rings (SSSR count). The average Bonchev–Trinajstić information content (AvgIpc) is 2.83. The number of carbonyl (C=O) groups is 2. The topological polar surface area (TPSA) is 92.3 Å². The SMILES string of the molecule is COC(=O)c1c(C)oc(NC(=O)c2cc(F)ccc2F)c1C#N. The average molecular weight is 320 g/mol. The van der Waals surface area contributed by atoms with E-state index < -0.39 is 29.1 Å². The molecule has 118 valence electrons. The minimum absolute atomic E-state index is 0.0448. The molecule has 0 spiro atoms. The van der Waals surface area contributed by atoms with Gasteiger partial charge in [-0.05, 0) is 25.1 Å². The lowest BCUT2D eigenvalue weighted by Crippen LogP contribution is -2.14. The van der Waals surface area contributed by atoms with Crippen molar-refractivity contribution < 1.29 is 27.5 Å². The number of ether oxygens (including phenoxy) is 1. The van der Waals surface area contributed by atoms with E-state index in [1.54, 1.807) is 6.07 Å². The van der Waals surface area contributed by atoms with Crippen LogP contribution in [-0.2, 0) is 4.74 Å². The molecule has 0 aliphatic carbocycles. The van der Waals surface area contributed by atoms with Crippen molar-refractivity contribution in [1.29, 1.82) is 5.26 Å². The van der Waals surface area contributed by atoms with Crippen molar-refractivity contribution in [1.82, 2.24) is 0 Å². The summed E-state index contributed by atoms with van der Waals surface area (Å²) in [4.78, 5) is 23.6. The first-order valence-electron chi connectivity index (χ1n) is 6.27. The molecule has 0 saturated heterocycles. The standard InChI is InChI=1S/C15H10F2N2O4/c1-7-12(15(21)22-2)10(6-18)14(23-7)19-13(20)9-5-8(16)3-4-11(9)17/h3-5H,1-2H3,(H,19,20). The Morgan fingerprint density at radius 3 is 2.65 bits per heavy atom. The van der Waals surface area contributed by atoms with Crippen molar-refractivity contribution >= 4 is 17.8 Å². The van der Waals surface area contributed by atoms with Gasteiger partial charge in [-0.1, -0.05) is 0 Å². The van der Waals surface area contributed by atoms with Crippen molar-refractivity contribution in [2.24, 2.45) is 0 Å². The molecule has 0 fully saturated rings. The first-order chi connectivity index (χ1) is 10.9. The van der Waals surface area contributed by atoms with Crippen LogP contribution >= 0.6 is 0 Å². The monoisotopic (exact) mass is 320 g/mol. The predicted molar refractivity (Wildman–Crippen MR) is 73.8 cm³/mol. The highest BCUT2D eigenvalue weighted by molar-refractivity contribution is 6.05. The quantitative estimate of drug-likeness (QED) is 0.878. The molecule has 1 N–H and O–H groups in total. The van der Waals surface area contributed by atoms with Gasteiger partial charge in [-0.2, -0.15) is 5.26 Å². The number of nitrogens with one attached hydrogen (secondary N) is 1. The predicted octanol–water partition coefficient (Wildman–Crippen LogP) is 2.78. The number of furan rings is 1. The van der Waals surface area contributed by atoms with Crippen LogP contribution in [0.3, 0.4) is 0 Å². The van der Waals surface area contributed by atoms with Crippen LogP contribution in [0.1, 0.15) is 32.0 Å². The summed E-state index contributed by atoms with van der Waals surface area (Å²) in [5.74, 6) is -3.90. The number of anilines is 1. The number of carbonyl (C=O) groups excluding carboxylic acids is 2. The van der Waals surface area contributed by atoms with Gasteiger partial charge >= 0.3 is 5.97 Å². The van der Waals surface area contributed by atoms with Gasteiger partial charge in [-0.25, -0.2) is 13.6 Å². The Bertz CT molecular complexity index is 837. The third-order valence-electron chi connectivity index (χ3n) is 2.99. The number of hydrogen-bond acceptors (Lipinski definition) is 5. The summed E-state index contributed by atoms with van der Waals surface area (Å²) < 4.78 is 36.4. The number of hydrogen-bond donors (Lipinski definition) is 1. The smallest absolute Gasteiger partial charge is 0.342 e. The number of benzene rings is 1. The zero-order chi connectivity index (χ0) is 17.1. The van der Waals surface area contributed by atoms with E-state index in [9.17, 15) is 18.4 Å². The van der Waals surface area contributed by atoms with Gasteiger partial charge < -0.3 is 9.15 Å². The third-order valence-corrected chi connectivity index (χ3v) is 2.99. The molecule has 1 heterocycles. The highest BCUT2D eigenvalue weighted by Gasteiger charge is 2.26. The highest BCUT2D eigenvalue weighted by Crippen LogP contribution is 2.27. The molecular formula is C15H10F2N2O4. The maximum Gasteiger partial charge on any atom is 0.342 e. The van der Waals surface area contributed by atoms with E-state index in [1.807, 2.05) is 0 Å². The summed E-state index contributed by atoms with van der Waals surface area (Å²) in [5.41, 5.74) is -0.980. The van der Waals surface area contributed by atoms with Gasteiger partial charge in [0.05, 0.1) is 12.7 Å². The Morgan fingerprint density at radius 1 is 1.35 bits per heavy atom. The number of methoxy groups -OCH3 is 1. The van der Waals surface area contributed by atoms with Crippen molar-refractivity contribution in [2.45, 2.75) is 6.92 Å². The Morgan fingerprint density at radius 2 is 2.04 bits per heavy atom. The fourth-order valence-corrected chi connectivity index (χ4v) is 1.93. The van der Waals surface area contributed by atoms with Crippen LogP contribution in [0.4, 0.5) is 14.7 Å². The van der Waals surface area contributed by atoms with Gasteiger partial charge in [-0.3, -0.25) is 10.1 Å². The van der Waals surface area contributed by atoms with Gasteiger partial charge in [0.2, 0.25) is 5.88 Å². The molecule has 6 nitrogen and oxygen atoms in total. The summed E-state index contributed by atoms with van der Waals surface area (Å²) in [5, 5.41) is 11.3. The van der Waals surface area contributed by atoms with Crippen molar-refractivity contribution in [2.75, 3.05) is 12.4 Å². The second-order valence-corrected chi connectivity index (χ2v) is 4.42. The largest absolute Gasteiger partial charge is 0.465 e. The number of esters is 1. The number of nitrogens with zero attached hydrogens (tertiary/aromatic N) is 1. The zero-order valence-electron chi connectivity index (χ0n) is 12.1. The molecule has 8 heteroatoms. The maximum atomic E-state index is 13.6. The number of amides is 1. The van der Waals surface area contributed by atoms with Crippen molar-refractivity contribution in [3.8, 4) is 6.07 Å². The van der Waals surface area contributed by atoms with E-state index >= 15 is 0 Å². The highest BCUT2D eigenvalue weighted by atomic mass is 19.1. The number of nitriles is 1. The lowest BCUT2D eigenvalue weighted by Gasteiger charge is -2.04. The van der Waals surface area contributed by atoms with Gasteiger partial charge in [0.25, 0.3) is 5.91 Å². The Kier molecular flexibility index (Phi) is 4.41. The summed E-state index contributed by atoms with van der Waals surface area (Å²) >= 11 is 0. The Balaban J connectivity index is 2.41. The molecule has 0 radical (unpaired) electrons. The molecule has 1 amide bonds. The minimum atomic E-state index is -1.02. The summed E-state index contributed by atoms with van der Waals surface area (Å²) in [6.07, 6.45) is 0. The molecule has 0 aliphatic heterocycles. The fraction of sp³-hybridized carbons (Fsp3) is 0.133. The summed E-state index contributed by atoms with van der Waals surface area (Å²) in [7, 11) is 1.12. The number of aryl methyl sites for hydroxylation is 1. The van der Waals surface area contributed by atoms with Crippen LogP contribution in [0.2, 0.25) is 0 Å². The second kappa shape index (κ2) is 6.27. The van der Waals surface area contributed by atoms with Crippen molar-refractivity contribution in [3.05, 3.63) is 52.3 Å². The lowest BCUT2D eigenvalue weighted by molar-refractivity contribution is 0.0598. The van der Waals surface area contributed by atoms with E-state index in [4.69, 9.17) is 9.68 Å². The molecule has 0 unspecified atom stereocenters. The van der Waals surface area contributed by atoms with Crippen LogP contribution in [-0.4, -0.2) is 19.0 Å². The first-order valence-corrected chi connectivity index (χ1v) is 6.27. The fourth-order valence-electron chi connectivity index (χ4n) is 1.93. The van der Waals surface area contributed by atoms with E-state index in [2.05, 4.69) is 10.1 Å². The zero-order valence-corrected chi connectivity index (χ0v) is 12.1. The molecule has 0 atom stereocenters. The number of rotatable bonds is 3. The van der Waals surface area contributed by atoms with Gasteiger partial charge in [-0.15, -0.1) is 0 Å². The summed E-state index contributed by atoms with van der Waals surface area (Å²) in [6, 6.07) is 4.06. The third kappa shape index (κ3) is 3.03. The van der Waals surface area contributed by atoms with Crippen LogP contribution in [0.25, 0.3) is 0 Å². The van der Waals surface area contributed by atoms with E-state index in [1.165, 1.54) is 6.92 Å². The van der Waals surface area contributed by atoms with Gasteiger partial charge in [0.1, 0.15) is 34.6 Å². The molecule has 2 aromatic rings. The van der Waals surface area contributed by atoms with E-state index in [0.29, 0.717) is 6.07 Å². The maximum absolute atomic E-state index is 13.6. The molecule has 0 bridgehead atoms. The molecule has 0 saturated carbocycles. The lowest BCUT2D eigenvalue weighted by atomic mass is 10.1. The van der Waals surface area contributed by atoms with Crippen LogP contribution in [0.5, 0.6) is 0 Å². The van der Waals surface area contributed by atoms with Gasteiger partial charge in [0.15, 0.2) is 0 Å². The molecule has 0 aliphatic rings. The molecular weight excluding hydrogens is 310 g/mol. The van der Waals surface area contributed by atoms with E-state index in [0.717, 1.165) is 19.2 Å². The molecule has 1 aromatic heterocycles. The van der Waals surface area contributed by atoms with Crippen LogP contribution in [0, 0.1) is 29.9 Å². The van der Waals surface area contributed by atoms with Crippen molar-refractivity contribution in [3.63, 3.8) is 0 Å². The Hall–Kier alpha value is -3.21. The van der Waals surface area contributed by atoms with Crippen LogP contribution in [0.15, 0.2) is 22.6 Å². The second-order valence-electron chi connectivity index (χ2n) is 4.42. The van der Waals surface area contributed by atoms with Crippen LogP contribution < -0.4 is 5.32 Å². The van der Waals surface area contributed by atoms with E-state index in [-0.39, 0.29) is 22.8 Å². The first kappa shape index (κ1) is 16.2.